The maximum Gasteiger partial charge on any atom is 0.358 e. The van der Waals surface area contributed by atoms with Crippen molar-refractivity contribution in [2.24, 2.45) is 18.4 Å². The Morgan fingerprint density at radius 2 is 1.87 bits per heavy atom. The number of benzene rings is 1. The van der Waals surface area contributed by atoms with Crippen molar-refractivity contribution in [2.75, 3.05) is 6.79 Å². The number of aliphatic hydroxyl groups is 1. The molecule has 2 aliphatic heterocycles. The molecule has 1 aromatic carbocycles. The van der Waals surface area contributed by atoms with Crippen LogP contribution in [0.3, 0.4) is 0 Å². The summed E-state index contributed by atoms with van der Waals surface area (Å²) in [4.78, 5) is 55.6. The monoisotopic (exact) mass is 524 g/mol. The minimum atomic E-state index is -0.863. The van der Waals surface area contributed by atoms with Gasteiger partial charge in [0.05, 0.1) is 23.5 Å². The van der Waals surface area contributed by atoms with Crippen LogP contribution in [0.2, 0.25) is 0 Å². The molecule has 1 saturated heterocycles. The minimum absolute atomic E-state index is 0.0829. The smallest absolute Gasteiger partial charge is 0.358 e. The Labute approximate surface area is 220 Å². The van der Waals surface area contributed by atoms with Crippen LogP contribution in [0.4, 0.5) is 0 Å². The third-order valence-electron chi connectivity index (χ3n) is 6.69. The van der Waals surface area contributed by atoms with Gasteiger partial charge in [-0.25, -0.2) is 9.78 Å². The van der Waals surface area contributed by atoms with Crippen molar-refractivity contribution in [3.8, 4) is 0 Å². The third kappa shape index (κ3) is 5.19. The van der Waals surface area contributed by atoms with Crippen molar-refractivity contribution in [3.05, 3.63) is 59.3 Å². The van der Waals surface area contributed by atoms with Crippen molar-refractivity contribution in [2.45, 2.75) is 52.8 Å². The van der Waals surface area contributed by atoms with Gasteiger partial charge in [-0.1, -0.05) is 24.3 Å². The van der Waals surface area contributed by atoms with Crippen molar-refractivity contribution in [1.82, 2.24) is 19.8 Å². The summed E-state index contributed by atoms with van der Waals surface area (Å²) in [5.41, 5.74) is 1.46. The van der Waals surface area contributed by atoms with E-state index < -0.39 is 36.2 Å². The predicted octanol–water partition coefficient (Wildman–Crippen LogP) is 1.76. The van der Waals surface area contributed by atoms with Gasteiger partial charge in [-0.15, -0.1) is 0 Å². The molecule has 2 N–H and O–H groups in total. The highest BCUT2D eigenvalue weighted by Crippen LogP contribution is 2.47. The zero-order valence-corrected chi connectivity index (χ0v) is 22.1. The second kappa shape index (κ2) is 10.4. The number of ether oxygens (including phenoxy) is 2. The molecule has 2 amide bonds. The Morgan fingerprint density at radius 1 is 1.18 bits per heavy atom. The number of carbonyl (C=O) groups is 4. The second-order valence-corrected chi connectivity index (χ2v) is 10.5. The van der Waals surface area contributed by atoms with E-state index in [2.05, 4.69) is 10.3 Å². The first-order valence-corrected chi connectivity index (χ1v) is 12.3. The van der Waals surface area contributed by atoms with Crippen LogP contribution in [-0.2, 0) is 37.4 Å². The van der Waals surface area contributed by atoms with E-state index >= 15 is 0 Å². The van der Waals surface area contributed by atoms with Crippen LogP contribution in [0.5, 0.6) is 0 Å². The number of hydrogen-bond donors (Lipinski definition) is 2. The molecule has 2 aromatic rings. The van der Waals surface area contributed by atoms with E-state index in [-0.39, 0.29) is 30.1 Å². The summed E-state index contributed by atoms with van der Waals surface area (Å²) in [5.74, 6) is -2.28. The van der Waals surface area contributed by atoms with Gasteiger partial charge in [0.2, 0.25) is 12.7 Å². The van der Waals surface area contributed by atoms with E-state index in [1.54, 1.807) is 63.8 Å². The lowest BCUT2D eigenvalue weighted by atomic mass is 9.82. The topological polar surface area (TPSA) is 140 Å². The van der Waals surface area contributed by atoms with Gasteiger partial charge in [-0.05, 0) is 50.8 Å². The molecule has 3 atom stereocenters. The van der Waals surface area contributed by atoms with Gasteiger partial charge >= 0.3 is 11.9 Å². The SMILES string of the molecule is C[C@@H](O)[C@H]1C(=O)N2C(C(=O)OCOC(=O)C(C)(C)C)=C(c3ccc(CNC(=O)c4nccn4C)cc3)C[C@H]12. The van der Waals surface area contributed by atoms with Crippen molar-refractivity contribution in [3.63, 3.8) is 0 Å². The van der Waals surface area contributed by atoms with Crippen LogP contribution < -0.4 is 5.32 Å². The van der Waals surface area contributed by atoms with Crippen molar-refractivity contribution >= 4 is 29.3 Å². The van der Waals surface area contributed by atoms with Crippen molar-refractivity contribution < 1.29 is 33.8 Å². The summed E-state index contributed by atoms with van der Waals surface area (Å²) in [5, 5.41) is 12.9. The maximum absolute atomic E-state index is 13.1. The summed E-state index contributed by atoms with van der Waals surface area (Å²) < 4.78 is 11.9. The normalized spacial score (nSPS) is 19.5. The number of esters is 2. The lowest BCUT2D eigenvalue weighted by Gasteiger charge is -2.44. The molecular formula is C27H32N4O7. The lowest BCUT2D eigenvalue weighted by molar-refractivity contribution is -0.175. The van der Waals surface area contributed by atoms with Gasteiger partial charge < -0.3 is 29.4 Å². The second-order valence-electron chi connectivity index (χ2n) is 10.5. The van der Waals surface area contributed by atoms with E-state index in [0.29, 0.717) is 23.4 Å². The number of amides is 2. The minimum Gasteiger partial charge on any atom is -0.427 e. The average molecular weight is 525 g/mol. The van der Waals surface area contributed by atoms with Crippen LogP contribution in [-0.4, -0.2) is 62.2 Å². The van der Waals surface area contributed by atoms with E-state index in [4.69, 9.17) is 9.47 Å². The first kappa shape index (κ1) is 27.1. The van der Waals surface area contributed by atoms with Crippen LogP contribution in [0.25, 0.3) is 5.57 Å². The van der Waals surface area contributed by atoms with Crippen LogP contribution in [0.15, 0.2) is 42.4 Å². The number of fused-ring (bicyclic) bond motifs is 1. The number of carbonyl (C=O) groups excluding carboxylic acids is 4. The molecule has 0 radical (unpaired) electrons. The highest BCUT2D eigenvalue weighted by Gasteiger charge is 2.57. The zero-order chi connectivity index (χ0) is 27.8. The summed E-state index contributed by atoms with van der Waals surface area (Å²) in [6.45, 7) is 6.30. The number of aromatic nitrogens is 2. The Kier molecular flexibility index (Phi) is 7.41. The van der Waals surface area contributed by atoms with Gasteiger partial charge in [0.25, 0.3) is 5.91 Å². The van der Waals surface area contributed by atoms with Crippen LogP contribution >= 0.6 is 0 Å². The average Bonchev–Trinajstić information content (AvgIpc) is 3.43. The zero-order valence-electron chi connectivity index (χ0n) is 22.1. The first-order valence-electron chi connectivity index (χ1n) is 12.3. The quantitative estimate of drug-likeness (QED) is 0.303. The number of imidazole rings is 1. The highest BCUT2D eigenvalue weighted by atomic mass is 16.7. The molecule has 3 heterocycles. The number of aryl methyl sites for hydroxylation is 1. The molecule has 0 saturated carbocycles. The molecule has 0 spiro atoms. The summed E-state index contributed by atoms with van der Waals surface area (Å²) >= 11 is 0. The largest absolute Gasteiger partial charge is 0.427 e. The van der Waals surface area contributed by atoms with E-state index in [1.807, 2.05) is 12.1 Å². The number of hydrogen-bond acceptors (Lipinski definition) is 8. The van der Waals surface area contributed by atoms with E-state index in [9.17, 15) is 24.3 Å². The standard InChI is InChI=1S/C27H32N4O7/c1-15(32)20-19-12-18(21(31(19)24(20)34)25(35)37-14-38-26(36)27(2,3)4)17-8-6-16(7-9-17)13-29-23(33)22-28-10-11-30(22)5/h6-11,15,19-20,32H,12-14H2,1-5H3,(H,29,33)/t15-,19-,20-/m1/s1. The number of nitrogens with zero attached hydrogens (tertiary/aromatic N) is 3. The summed E-state index contributed by atoms with van der Waals surface area (Å²) in [6, 6.07) is 6.88. The number of rotatable bonds is 8. The Hall–Kier alpha value is -3.99. The Balaban J connectivity index is 1.50. The Bertz CT molecular complexity index is 1290. The molecule has 4 rings (SSSR count). The fraction of sp³-hybridized carbons (Fsp3) is 0.444. The van der Waals surface area contributed by atoms with Crippen molar-refractivity contribution in [1.29, 1.82) is 0 Å². The van der Waals surface area contributed by atoms with Gasteiger partial charge in [0.1, 0.15) is 5.70 Å². The molecule has 1 aromatic heterocycles. The molecule has 0 aliphatic carbocycles. The van der Waals surface area contributed by atoms with Gasteiger partial charge in [-0.2, -0.15) is 0 Å². The molecule has 11 heteroatoms. The third-order valence-corrected chi connectivity index (χ3v) is 6.69. The fourth-order valence-corrected chi connectivity index (χ4v) is 4.61. The van der Waals surface area contributed by atoms with Crippen LogP contribution in [0.1, 0.15) is 55.9 Å². The van der Waals surface area contributed by atoms with Gasteiger partial charge in [0.15, 0.2) is 5.82 Å². The van der Waals surface area contributed by atoms with E-state index in [0.717, 1.165) is 5.56 Å². The Morgan fingerprint density at radius 3 is 2.45 bits per heavy atom. The summed E-state index contributed by atoms with van der Waals surface area (Å²) in [7, 11) is 1.74. The maximum atomic E-state index is 13.1. The molecule has 0 bridgehead atoms. The van der Waals surface area contributed by atoms with Crippen LogP contribution in [0, 0.1) is 11.3 Å². The number of nitrogens with one attached hydrogen (secondary N) is 1. The predicted molar refractivity (Wildman–Crippen MR) is 135 cm³/mol. The molecule has 11 nitrogen and oxygen atoms in total. The molecular weight excluding hydrogens is 492 g/mol. The fourth-order valence-electron chi connectivity index (χ4n) is 4.61. The first-order chi connectivity index (χ1) is 17.9. The number of β-lactam (4-membered cyclic amide) rings is 1. The molecule has 38 heavy (non-hydrogen) atoms. The molecule has 0 unspecified atom stereocenters. The lowest BCUT2D eigenvalue weighted by Crippen LogP contribution is -2.61. The van der Waals surface area contributed by atoms with Gasteiger partial charge in [-0.3, -0.25) is 14.4 Å². The number of aliphatic hydroxyl groups excluding tert-OH is 1. The summed E-state index contributed by atoms with van der Waals surface area (Å²) in [6.07, 6.45) is 2.74. The van der Waals surface area contributed by atoms with E-state index in [1.165, 1.54) is 4.90 Å². The molecule has 202 valence electrons. The molecule has 1 fully saturated rings. The van der Waals surface area contributed by atoms with Gasteiger partial charge in [0, 0.05) is 26.0 Å². The molecule has 2 aliphatic rings. The highest BCUT2D eigenvalue weighted by molar-refractivity contribution is 6.06.